The summed E-state index contributed by atoms with van der Waals surface area (Å²) >= 11 is 0. The van der Waals surface area contributed by atoms with Gasteiger partial charge in [-0.15, -0.1) is 0 Å². The number of aromatic nitrogens is 1. The van der Waals surface area contributed by atoms with Crippen molar-refractivity contribution in [3.63, 3.8) is 0 Å². The van der Waals surface area contributed by atoms with Gasteiger partial charge in [0.05, 0.1) is 30.0 Å². The van der Waals surface area contributed by atoms with Crippen LogP contribution in [0.5, 0.6) is 5.75 Å². The van der Waals surface area contributed by atoms with Gasteiger partial charge in [-0.05, 0) is 78.6 Å². The molecule has 3 aromatic carbocycles. The van der Waals surface area contributed by atoms with E-state index in [0.29, 0.717) is 17.1 Å². The monoisotopic (exact) mass is 474 g/mol. The molecule has 2 N–H and O–H groups in total. The standard InChI is InChI=1S/C26H26N4O3S/c1-30(21-10-12-22(33-2)13-11-21)34(31,32)29-20-9-15-24-19(17-20)8-16-26(27-24)28-25-14-7-18-5-3-4-6-23(18)25/h3-6,8-13,15-17,25,29H,7,14H2,1-2H3,(H,27,28)/t25-/m1/s1. The second kappa shape index (κ2) is 8.87. The number of ether oxygens (including phenoxy) is 1. The van der Waals surface area contributed by atoms with Crippen LogP contribution >= 0.6 is 0 Å². The van der Waals surface area contributed by atoms with Crippen LogP contribution in [0.2, 0.25) is 0 Å². The number of rotatable bonds is 7. The van der Waals surface area contributed by atoms with E-state index >= 15 is 0 Å². The van der Waals surface area contributed by atoms with Crippen molar-refractivity contribution in [2.24, 2.45) is 0 Å². The van der Waals surface area contributed by atoms with E-state index in [1.54, 1.807) is 43.5 Å². The minimum absolute atomic E-state index is 0.251. The van der Waals surface area contributed by atoms with Crippen LogP contribution in [0, 0.1) is 0 Å². The molecular weight excluding hydrogens is 448 g/mol. The molecule has 0 radical (unpaired) electrons. The molecule has 0 saturated heterocycles. The lowest BCUT2D eigenvalue weighted by molar-refractivity contribution is 0.415. The number of hydrogen-bond acceptors (Lipinski definition) is 5. The van der Waals surface area contributed by atoms with E-state index in [9.17, 15) is 8.42 Å². The number of hydrogen-bond donors (Lipinski definition) is 2. The number of fused-ring (bicyclic) bond motifs is 2. The minimum atomic E-state index is -3.80. The first-order valence-corrected chi connectivity index (χ1v) is 12.5. The molecule has 174 valence electrons. The largest absolute Gasteiger partial charge is 0.497 e. The molecule has 1 aromatic heterocycles. The third-order valence-electron chi connectivity index (χ3n) is 6.19. The van der Waals surface area contributed by atoms with E-state index in [0.717, 1.165) is 29.6 Å². The fourth-order valence-electron chi connectivity index (χ4n) is 4.30. The predicted molar refractivity (Wildman–Crippen MR) is 137 cm³/mol. The lowest BCUT2D eigenvalue weighted by Crippen LogP contribution is -2.32. The normalized spacial score (nSPS) is 15.1. The summed E-state index contributed by atoms with van der Waals surface area (Å²) in [5.41, 5.74) is 4.51. The second-order valence-electron chi connectivity index (χ2n) is 8.31. The average molecular weight is 475 g/mol. The van der Waals surface area contributed by atoms with E-state index in [2.05, 4.69) is 34.3 Å². The van der Waals surface area contributed by atoms with Crippen molar-refractivity contribution in [2.45, 2.75) is 18.9 Å². The summed E-state index contributed by atoms with van der Waals surface area (Å²) < 4.78 is 34.8. The van der Waals surface area contributed by atoms with Gasteiger partial charge >= 0.3 is 10.2 Å². The summed E-state index contributed by atoms with van der Waals surface area (Å²) in [4.78, 5) is 4.74. The lowest BCUT2D eigenvalue weighted by Gasteiger charge is -2.21. The van der Waals surface area contributed by atoms with Gasteiger partial charge in [-0.1, -0.05) is 24.3 Å². The quantitative estimate of drug-likeness (QED) is 0.388. The maximum absolute atomic E-state index is 12.9. The summed E-state index contributed by atoms with van der Waals surface area (Å²) in [6, 6.07) is 24.8. The molecule has 1 aliphatic rings. The first-order valence-electron chi connectivity index (χ1n) is 11.1. The van der Waals surface area contributed by atoms with Gasteiger partial charge in [0.1, 0.15) is 11.6 Å². The number of methoxy groups -OCH3 is 1. The number of nitrogens with one attached hydrogen (secondary N) is 2. The van der Waals surface area contributed by atoms with E-state index in [4.69, 9.17) is 9.72 Å². The lowest BCUT2D eigenvalue weighted by atomic mass is 10.1. The van der Waals surface area contributed by atoms with Crippen LogP contribution in [0.15, 0.2) is 78.9 Å². The van der Waals surface area contributed by atoms with Crippen molar-refractivity contribution in [2.75, 3.05) is 28.5 Å². The summed E-state index contributed by atoms with van der Waals surface area (Å²) in [7, 11) is -0.724. The fourth-order valence-corrected chi connectivity index (χ4v) is 5.26. The Bertz CT molecular complexity index is 1440. The summed E-state index contributed by atoms with van der Waals surface area (Å²) in [5, 5.41) is 4.40. The molecule has 1 aliphatic carbocycles. The Balaban J connectivity index is 1.32. The highest BCUT2D eigenvalue weighted by molar-refractivity contribution is 7.94. The molecule has 0 unspecified atom stereocenters. The fraction of sp³-hybridized carbons (Fsp3) is 0.192. The van der Waals surface area contributed by atoms with Crippen LogP contribution in [0.1, 0.15) is 23.6 Å². The zero-order chi connectivity index (χ0) is 23.7. The maximum Gasteiger partial charge on any atom is 0.323 e. The third-order valence-corrected chi connectivity index (χ3v) is 7.61. The number of benzene rings is 3. The highest BCUT2D eigenvalue weighted by atomic mass is 32.2. The maximum atomic E-state index is 12.9. The summed E-state index contributed by atoms with van der Waals surface area (Å²) in [6.45, 7) is 0. The van der Waals surface area contributed by atoms with Gasteiger partial charge in [0, 0.05) is 12.4 Å². The number of aryl methyl sites for hydroxylation is 1. The molecule has 0 saturated carbocycles. The van der Waals surface area contributed by atoms with Crippen LogP contribution < -0.4 is 19.1 Å². The van der Waals surface area contributed by atoms with Crippen LogP contribution in [0.25, 0.3) is 10.9 Å². The summed E-state index contributed by atoms with van der Waals surface area (Å²) in [5.74, 6) is 1.47. The number of anilines is 3. The van der Waals surface area contributed by atoms with Crippen LogP contribution in [-0.4, -0.2) is 27.6 Å². The molecular formula is C26H26N4O3S. The van der Waals surface area contributed by atoms with Crippen molar-refractivity contribution < 1.29 is 13.2 Å². The van der Waals surface area contributed by atoms with Gasteiger partial charge in [-0.2, -0.15) is 8.42 Å². The van der Waals surface area contributed by atoms with Crippen molar-refractivity contribution in [3.8, 4) is 5.75 Å². The molecule has 4 aromatic rings. The predicted octanol–water partition coefficient (Wildman–Crippen LogP) is 5.14. The number of pyridine rings is 1. The molecule has 8 heteroatoms. The van der Waals surface area contributed by atoms with E-state index < -0.39 is 10.2 Å². The molecule has 1 heterocycles. The van der Waals surface area contributed by atoms with Crippen molar-refractivity contribution in [1.82, 2.24) is 4.98 Å². The summed E-state index contributed by atoms with van der Waals surface area (Å²) in [6.07, 6.45) is 2.11. The molecule has 1 atom stereocenters. The molecule has 0 spiro atoms. The Hall–Kier alpha value is -3.78. The SMILES string of the molecule is COc1ccc(N(C)S(=O)(=O)Nc2ccc3nc(N[C@@H]4CCc5ccccc54)ccc3c2)cc1. The third kappa shape index (κ3) is 4.36. The zero-order valence-corrected chi connectivity index (χ0v) is 19.8. The Kier molecular flexibility index (Phi) is 5.75. The Labute approximate surface area is 199 Å². The van der Waals surface area contributed by atoms with E-state index in [1.165, 1.54) is 22.5 Å². The first-order chi connectivity index (χ1) is 16.4. The first kappa shape index (κ1) is 22.0. The molecule has 0 bridgehead atoms. The Morgan fingerprint density at radius 1 is 1.00 bits per heavy atom. The second-order valence-corrected chi connectivity index (χ2v) is 10.0. The highest BCUT2D eigenvalue weighted by Crippen LogP contribution is 2.33. The van der Waals surface area contributed by atoms with Gasteiger partial charge in [0.2, 0.25) is 0 Å². The van der Waals surface area contributed by atoms with E-state index in [-0.39, 0.29) is 6.04 Å². The molecule has 0 fully saturated rings. The van der Waals surface area contributed by atoms with Gasteiger partial charge in [0.25, 0.3) is 0 Å². The molecule has 34 heavy (non-hydrogen) atoms. The van der Waals surface area contributed by atoms with Crippen molar-refractivity contribution in [1.29, 1.82) is 0 Å². The van der Waals surface area contributed by atoms with Crippen LogP contribution in [-0.2, 0) is 16.6 Å². The topological polar surface area (TPSA) is 83.6 Å². The smallest absolute Gasteiger partial charge is 0.323 e. The van der Waals surface area contributed by atoms with Gasteiger partial charge in [-0.3, -0.25) is 9.03 Å². The van der Waals surface area contributed by atoms with Crippen LogP contribution in [0.3, 0.4) is 0 Å². The molecule has 0 amide bonds. The number of nitrogens with zero attached hydrogens (tertiary/aromatic N) is 2. The highest BCUT2D eigenvalue weighted by Gasteiger charge is 2.22. The average Bonchev–Trinajstić information content (AvgIpc) is 3.26. The van der Waals surface area contributed by atoms with Crippen LogP contribution in [0.4, 0.5) is 17.2 Å². The van der Waals surface area contributed by atoms with Gasteiger partial charge < -0.3 is 10.1 Å². The minimum Gasteiger partial charge on any atom is -0.497 e. The van der Waals surface area contributed by atoms with Crippen molar-refractivity contribution in [3.05, 3.63) is 90.0 Å². The van der Waals surface area contributed by atoms with Gasteiger partial charge in [0.15, 0.2) is 0 Å². The van der Waals surface area contributed by atoms with Crippen molar-refractivity contribution >= 4 is 38.3 Å². The molecule has 0 aliphatic heterocycles. The van der Waals surface area contributed by atoms with Gasteiger partial charge in [-0.25, -0.2) is 4.98 Å². The Morgan fingerprint density at radius 3 is 2.59 bits per heavy atom. The molecule has 7 nitrogen and oxygen atoms in total. The molecule has 5 rings (SSSR count). The zero-order valence-electron chi connectivity index (χ0n) is 19.0. The Morgan fingerprint density at radius 2 is 1.79 bits per heavy atom. The van der Waals surface area contributed by atoms with E-state index in [1.807, 2.05) is 18.2 Å².